The highest BCUT2D eigenvalue weighted by Crippen LogP contribution is 2.25. The van der Waals surface area contributed by atoms with Gasteiger partial charge in [0.25, 0.3) is 0 Å². The van der Waals surface area contributed by atoms with Gasteiger partial charge in [-0.1, -0.05) is 30.7 Å². The fourth-order valence-electron chi connectivity index (χ4n) is 1.83. The number of rotatable bonds is 4. The van der Waals surface area contributed by atoms with E-state index in [0.29, 0.717) is 23.6 Å². The zero-order valence-electron chi connectivity index (χ0n) is 10.7. The summed E-state index contributed by atoms with van der Waals surface area (Å²) in [4.78, 5) is 11.8. The summed E-state index contributed by atoms with van der Waals surface area (Å²) in [7, 11) is 0. The van der Waals surface area contributed by atoms with Crippen LogP contribution in [0.3, 0.4) is 0 Å². The number of ketones is 1. The second-order valence-electron chi connectivity index (χ2n) is 4.03. The molecule has 0 radical (unpaired) electrons. The van der Waals surface area contributed by atoms with Gasteiger partial charge in [0, 0.05) is 10.9 Å². The van der Waals surface area contributed by atoms with Crippen molar-refractivity contribution in [2.45, 2.75) is 26.7 Å². The number of hydrogen-bond donors (Lipinski definition) is 0. The predicted molar refractivity (Wildman–Crippen MR) is 78.1 cm³/mol. The minimum atomic E-state index is 0.00584. The Bertz CT molecular complexity index is 624. The summed E-state index contributed by atoms with van der Waals surface area (Å²) in [5, 5.41) is 8.66. The summed E-state index contributed by atoms with van der Waals surface area (Å²) in [6, 6.07) is 5.52. The molecule has 19 heavy (non-hydrogen) atoms. The third-order valence-electron chi connectivity index (χ3n) is 2.83. The van der Waals surface area contributed by atoms with Crippen LogP contribution in [-0.2, 0) is 6.42 Å². The van der Waals surface area contributed by atoms with E-state index in [1.807, 2.05) is 26.0 Å². The molecular weight excluding hydrogens is 330 g/mol. The zero-order valence-corrected chi connectivity index (χ0v) is 13.0. The van der Waals surface area contributed by atoms with E-state index in [9.17, 15) is 4.79 Å². The third-order valence-corrected chi connectivity index (χ3v) is 4.06. The molecule has 1 aromatic carbocycles. The van der Waals surface area contributed by atoms with Gasteiger partial charge in [0.1, 0.15) is 0 Å². The molecule has 1 aromatic heterocycles. The van der Waals surface area contributed by atoms with E-state index in [1.165, 1.54) is 0 Å². The first-order valence-electron chi connectivity index (χ1n) is 6.01. The Kier molecular flexibility index (Phi) is 4.37. The molecule has 0 aliphatic carbocycles. The predicted octanol–water partition coefficient (Wildman–Crippen LogP) is 3.84. The van der Waals surface area contributed by atoms with E-state index in [-0.39, 0.29) is 5.78 Å². The first kappa shape index (κ1) is 14.2. The molecule has 0 N–H and O–H groups in total. The maximum absolute atomic E-state index is 11.8. The van der Waals surface area contributed by atoms with Gasteiger partial charge in [-0.15, -0.1) is 5.10 Å². The van der Waals surface area contributed by atoms with Gasteiger partial charge < -0.3 is 0 Å². The molecule has 0 spiro atoms. The minimum Gasteiger partial charge on any atom is -0.292 e. The zero-order chi connectivity index (χ0) is 14.0. The van der Waals surface area contributed by atoms with E-state index in [0.717, 1.165) is 15.9 Å². The lowest BCUT2D eigenvalue weighted by atomic mass is 10.1. The molecule has 100 valence electrons. The van der Waals surface area contributed by atoms with Gasteiger partial charge in [-0.2, -0.15) is 0 Å². The molecule has 0 fully saturated rings. The van der Waals surface area contributed by atoms with Gasteiger partial charge in [0.05, 0.1) is 16.4 Å². The Morgan fingerprint density at radius 3 is 2.74 bits per heavy atom. The number of nitrogens with zero attached hydrogens (tertiary/aromatic N) is 3. The lowest BCUT2D eigenvalue weighted by molar-refractivity contribution is 0.0982. The van der Waals surface area contributed by atoms with Gasteiger partial charge in [0.2, 0.25) is 0 Å². The number of benzene rings is 1. The summed E-state index contributed by atoms with van der Waals surface area (Å²) >= 11 is 9.43. The molecule has 0 atom stereocenters. The number of Topliss-reactive ketones (excluding diaryl/α,β-unsaturated/α-hetero) is 1. The molecule has 0 saturated heterocycles. The molecule has 2 aromatic rings. The van der Waals surface area contributed by atoms with Crippen LogP contribution in [0.5, 0.6) is 0 Å². The third kappa shape index (κ3) is 2.72. The standard InChI is InChI=1S/C13H13BrClN3O/c1-3-11-13(12(19)4-2)16-17-18(11)8-5-6-9(14)10(15)7-8/h5-7H,3-4H2,1-2H3. The fourth-order valence-corrected chi connectivity index (χ4v) is 2.25. The Hall–Kier alpha value is -1.20. The Balaban J connectivity index is 2.53. The Morgan fingerprint density at radius 2 is 2.16 bits per heavy atom. The van der Waals surface area contributed by atoms with Crippen molar-refractivity contribution >= 4 is 33.3 Å². The van der Waals surface area contributed by atoms with Gasteiger partial charge >= 0.3 is 0 Å². The summed E-state index contributed by atoms with van der Waals surface area (Å²) in [6.07, 6.45) is 1.11. The maximum atomic E-state index is 11.8. The molecule has 0 bridgehead atoms. The smallest absolute Gasteiger partial charge is 0.184 e. The quantitative estimate of drug-likeness (QED) is 0.793. The van der Waals surface area contributed by atoms with Gasteiger partial charge in [-0.3, -0.25) is 4.79 Å². The van der Waals surface area contributed by atoms with Gasteiger partial charge in [-0.05, 0) is 40.5 Å². The summed E-state index contributed by atoms with van der Waals surface area (Å²) in [6.45, 7) is 3.79. The largest absolute Gasteiger partial charge is 0.292 e. The van der Waals surface area contributed by atoms with Crippen LogP contribution in [0.2, 0.25) is 5.02 Å². The maximum Gasteiger partial charge on any atom is 0.184 e. The minimum absolute atomic E-state index is 0.00584. The van der Waals surface area contributed by atoms with Gasteiger partial charge in [-0.25, -0.2) is 4.68 Å². The van der Waals surface area contributed by atoms with Crippen molar-refractivity contribution in [2.75, 3.05) is 0 Å². The lowest BCUT2D eigenvalue weighted by Crippen LogP contribution is -2.05. The van der Waals surface area contributed by atoms with Gasteiger partial charge in [0.15, 0.2) is 11.5 Å². The van der Waals surface area contributed by atoms with Crippen molar-refractivity contribution in [2.24, 2.45) is 0 Å². The topological polar surface area (TPSA) is 47.8 Å². The number of carbonyl (C=O) groups excluding carboxylic acids is 1. The highest BCUT2D eigenvalue weighted by Gasteiger charge is 2.18. The van der Waals surface area contributed by atoms with Crippen molar-refractivity contribution in [1.29, 1.82) is 0 Å². The van der Waals surface area contributed by atoms with Crippen molar-refractivity contribution < 1.29 is 4.79 Å². The van der Waals surface area contributed by atoms with Crippen LogP contribution in [0.1, 0.15) is 36.5 Å². The molecule has 6 heteroatoms. The molecule has 0 amide bonds. The van der Waals surface area contributed by atoms with Crippen molar-refractivity contribution in [3.63, 3.8) is 0 Å². The second-order valence-corrected chi connectivity index (χ2v) is 5.29. The van der Waals surface area contributed by atoms with Crippen LogP contribution in [0, 0.1) is 0 Å². The van der Waals surface area contributed by atoms with E-state index >= 15 is 0 Å². The van der Waals surface area contributed by atoms with Crippen LogP contribution >= 0.6 is 27.5 Å². The molecule has 0 aliphatic rings. The molecule has 4 nitrogen and oxygen atoms in total. The molecule has 0 saturated carbocycles. The molecular formula is C13H13BrClN3O. The lowest BCUT2D eigenvalue weighted by Gasteiger charge is -2.06. The number of carbonyl (C=O) groups is 1. The monoisotopic (exact) mass is 341 g/mol. The number of halogens is 2. The number of aromatic nitrogens is 3. The first-order chi connectivity index (χ1) is 9.08. The summed E-state index contributed by atoms with van der Waals surface area (Å²) in [5.41, 5.74) is 2.06. The van der Waals surface area contributed by atoms with Crippen LogP contribution in [0.4, 0.5) is 0 Å². The normalized spacial score (nSPS) is 10.7. The second kappa shape index (κ2) is 5.84. The van der Waals surface area contributed by atoms with Crippen molar-refractivity contribution in [1.82, 2.24) is 15.0 Å². The highest BCUT2D eigenvalue weighted by atomic mass is 79.9. The van der Waals surface area contributed by atoms with Crippen LogP contribution < -0.4 is 0 Å². The van der Waals surface area contributed by atoms with E-state index in [2.05, 4.69) is 26.2 Å². The van der Waals surface area contributed by atoms with Crippen LogP contribution in [0.25, 0.3) is 5.69 Å². The van der Waals surface area contributed by atoms with E-state index < -0.39 is 0 Å². The van der Waals surface area contributed by atoms with E-state index in [4.69, 9.17) is 11.6 Å². The summed E-state index contributed by atoms with van der Waals surface area (Å²) in [5.74, 6) is 0.00584. The highest BCUT2D eigenvalue weighted by molar-refractivity contribution is 9.10. The average Bonchev–Trinajstić information content (AvgIpc) is 2.84. The molecule has 0 unspecified atom stereocenters. The fraction of sp³-hybridized carbons (Fsp3) is 0.308. The first-order valence-corrected chi connectivity index (χ1v) is 7.18. The van der Waals surface area contributed by atoms with Crippen molar-refractivity contribution in [3.05, 3.63) is 39.1 Å². The number of hydrogen-bond acceptors (Lipinski definition) is 3. The average molecular weight is 343 g/mol. The SMILES string of the molecule is CCC(=O)c1nnn(-c2ccc(Br)c(Cl)c2)c1CC. The van der Waals surface area contributed by atoms with Crippen LogP contribution in [0.15, 0.2) is 22.7 Å². The molecule has 2 rings (SSSR count). The summed E-state index contributed by atoms with van der Waals surface area (Å²) < 4.78 is 2.49. The van der Waals surface area contributed by atoms with Crippen LogP contribution in [-0.4, -0.2) is 20.8 Å². The Labute approximate surface area is 124 Å². The van der Waals surface area contributed by atoms with Crippen molar-refractivity contribution in [3.8, 4) is 5.69 Å². The van der Waals surface area contributed by atoms with E-state index in [1.54, 1.807) is 10.7 Å². The Morgan fingerprint density at radius 1 is 1.42 bits per heavy atom. The molecule has 0 aliphatic heterocycles. The molecule has 1 heterocycles.